The van der Waals surface area contributed by atoms with Crippen LogP contribution >= 0.6 is 11.6 Å². The number of halogens is 1. The third-order valence-electron chi connectivity index (χ3n) is 3.12. The van der Waals surface area contributed by atoms with Crippen LogP contribution in [0.4, 0.5) is 0 Å². The smallest absolute Gasteiger partial charge is 0.131 e. The normalized spacial score (nSPS) is 12.4. The molecule has 108 valence electrons. The predicted octanol–water partition coefficient (Wildman–Crippen LogP) is 2.85. The Morgan fingerprint density at radius 1 is 1.35 bits per heavy atom. The molecule has 0 amide bonds. The second-order valence-corrected chi connectivity index (χ2v) is 5.46. The lowest BCUT2D eigenvalue weighted by Gasteiger charge is -2.09. The summed E-state index contributed by atoms with van der Waals surface area (Å²) in [5, 5.41) is 4.93. The molecule has 1 unspecified atom stereocenters. The average molecular weight is 294 g/mol. The van der Waals surface area contributed by atoms with Gasteiger partial charge in [0.1, 0.15) is 12.4 Å². The van der Waals surface area contributed by atoms with Crippen molar-refractivity contribution < 1.29 is 4.74 Å². The number of ether oxygens (including phenoxy) is 1. The fraction of sp³-hybridized carbons (Fsp3) is 0.400. The fourth-order valence-electron chi connectivity index (χ4n) is 2.08. The van der Waals surface area contributed by atoms with Crippen LogP contribution in [0, 0.1) is 6.92 Å². The van der Waals surface area contributed by atoms with E-state index in [0.717, 1.165) is 23.6 Å². The van der Waals surface area contributed by atoms with Crippen LogP contribution in [-0.4, -0.2) is 15.8 Å². The Labute approximate surface area is 124 Å². The summed E-state index contributed by atoms with van der Waals surface area (Å²) in [4.78, 5) is 0. The van der Waals surface area contributed by atoms with Crippen molar-refractivity contribution in [3.63, 3.8) is 0 Å². The summed E-state index contributed by atoms with van der Waals surface area (Å²) in [7, 11) is 1.86. The molecule has 0 saturated heterocycles. The standard InChI is InChI=1S/C15H20ClN3O/c1-10(17)8-12-4-6-13(7-5-12)20-9-14-15(16)11(2)18-19(14)3/h4-7,10H,8-9,17H2,1-3H3. The Balaban J connectivity index is 2.00. The highest BCUT2D eigenvalue weighted by Crippen LogP contribution is 2.21. The zero-order chi connectivity index (χ0) is 14.7. The lowest BCUT2D eigenvalue weighted by atomic mass is 10.1. The zero-order valence-electron chi connectivity index (χ0n) is 12.1. The van der Waals surface area contributed by atoms with Gasteiger partial charge >= 0.3 is 0 Å². The van der Waals surface area contributed by atoms with Crippen molar-refractivity contribution in [1.29, 1.82) is 0 Å². The van der Waals surface area contributed by atoms with E-state index in [1.54, 1.807) is 4.68 Å². The molecule has 1 aromatic carbocycles. The molecule has 2 aromatic rings. The van der Waals surface area contributed by atoms with Gasteiger partial charge in [0.2, 0.25) is 0 Å². The molecule has 0 fully saturated rings. The van der Waals surface area contributed by atoms with E-state index >= 15 is 0 Å². The van der Waals surface area contributed by atoms with Gasteiger partial charge in [0, 0.05) is 13.1 Å². The number of benzene rings is 1. The predicted molar refractivity (Wildman–Crippen MR) is 81.1 cm³/mol. The number of aryl methyl sites for hydroxylation is 2. The molecule has 1 heterocycles. The average Bonchev–Trinajstić information content (AvgIpc) is 2.62. The molecule has 0 radical (unpaired) electrons. The lowest BCUT2D eigenvalue weighted by molar-refractivity contribution is 0.295. The summed E-state index contributed by atoms with van der Waals surface area (Å²) in [5.41, 5.74) is 8.69. The molecule has 4 nitrogen and oxygen atoms in total. The molecule has 2 N–H and O–H groups in total. The zero-order valence-corrected chi connectivity index (χ0v) is 12.8. The van der Waals surface area contributed by atoms with Crippen LogP contribution in [0.2, 0.25) is 5.02 Å². The molecule has 1 aromatic heterocycles. The monoisotopic (exact) mass is 293 g/mol. The van der Waals surface area contributed by atoms with Gasteiger partial charge in [0.05, 0.1) is 16.4 Å². The van der Waals surface area contributed by atoms with Crippen molar-refractivity contribution >= 4 is 11.6 Å². The lowest BCUT2D eigenvalue weighted by Crippen LogP contribution is -2.17. The molecular formula is C15H20ClN3O. The number of rotatable bonds is 5. The van der Waals surface area contributed by atoms with Gasteiger partial charge in [0.15, 0.2) is 0 Å². The third-order valence-corrected chi connectivity index (χ3v) is 3.61. The van der Waals surface area contributed by atoms with Crippen molar-refractivity contribution in [2.75, 3.05) is 0 Å². The van der Waals surface area contributed by atoms with Crippen LogP contribution in [-0.2, 0) is 20.1 Å². The molecule has 0 aliphatic heterocycles. The van der Waals surface area contributed by atoms with Crippen molar-refractivity contribution in [2.24, 2.45) is 12.8 Å². The second kappa shape index (κ2) is 6.29. The molecule has 2 rings (SSSR count). The minimum atomic E-state index is 0.165. The van der Waals surface area contributed by atoms with E-state index in [2.05, 4.69) is 5.10 Å². The Bertz CT molecular complexity index is 576. The number of hydrogen-bond donors (Lipinski definition) is 1. The molecule has 5 heteroatoms. The highest BCUT2D eigenvalue weighted by Gasteiger charge is 2.11. The second-order valence-electron chi connectivity index (χ2n) is 5.08. The van der Waals surface area contributed by atoms with E-state index in [9.17, 15) is 0 Å². The number of hydrogen-bond acceptors (Lipinski definition) is 3. The van der Waals surface area contributed by atoms with E-state index in [0.29, 0.717) is 11.6 Å². The van der Waals surface area contributed by atoms with E-state index in [4.69, 9.17) is 22.1 Å². The summed E-state index contributed by atoms with van der Waals surface area (Å²) < 4.78 is 7.50. The van der Waals surface area contributed by atoms with Gasteiger partial charge in [-0.05, 0) is 38.0 Å². The first-order valence-corrected chi connectivity index (χ1v) is 7.00. The van der Waals surface area contributed by atoms with Gasteiger partial charge in [-0.2, -0.15) is 5.10 Å². The first-order valence-electron chi connectivity index (χ1n) is 6.62. The van der Waals surface area contributed by atoms with Crippen LogP contribution in [0.25, 0.3) is 0 Å². The van der Waals surface area contributed by atoms with Crippen molar-refractivity contribution in [3.05, 3.63) is 46.2 Å². The van der Waals surface area contributed by atoms with Crippen molar-refractivity contribution in [1.82, 2.24) is 9.78 Å². The Kier molecular flexibility index (Phi) is 4.68. The van der Waals surface area contributed by atoms with E-state index in [1.165, 1.54) is 5.56 Å². The van der Waals surface area contributed by atoms with Gasteiger partial charge in [-0.1, -0.05) is 23.7 Å². The van der Waals surface area contributed by atoms with Gasteiger partial charge in [-0.25, -0.2) is 0 Å². The van der Waals surface area contributed by atoms with Crippen LogP contribution in [0.3, 0.4) is 0 Å². The van der Waals surface area contributed by atoms with Crippen LogP contribution in [0.5, 0.6) is 5.75 Å². The topological polar surface area (TPSA) is 53.1 Å². The Morgan fingerprint density at radius 2 is 2.00 bits per heavy atom. The van der Waals surface area contributed by atoms with Gasteiger partial charge < -0.3 is 10.5 Å². The number of nitrogens with zero attached hydrogens (tertiary/aromatic N) is 2. The first-order chi connectivity index (χ1) is 9.47. The minimum Gasteiger partial charge on any atom is -0.487 e. The highest BCUT2D eigenvalue weighted by molar-refractivity contribution is 6.31. The van der Waals surface area contributed by atoms with Crippen molar-refractivity contribution in [3.8, 4) is 5.75 Å². The van der Waals surface area contributed by atoms with E-state index < -0.39 is 0 Å². The number of nitrogens with two attached hydrogens (primary N) is 1. The summed E-state index contributed by atoms with van der Waals surface area (Å²) in [6.45, 7) is 4.29. The van der Waals surface area contributed by atoms with Gasteiger partial charge in [0.25, 0.3) is 0 Å². The molecule has 20 heavy (non-hydrogen) atoms. The quantitative estimate of drug-likeness (QED) is 0.922. The van der Waals surface area contributed by atoms with Crippen LogP contribution in [0.1, 0.15) is 23.9 Å². The molecule has 0 bridgehead atoms. The summed E-state index contributed by atoms with van der Waals surface area (Å²) in [6.07, 6.45) is 0.868. The van der Waals surface area contributed by atoms with Crippen LogP contribution in [0.15, 0.2) is 24.3 Å². The molecule has 0 aliphatic carbocycles. The summed E-state index contributed by atoms with van der Waals surface area (Å²) >= 11 is 6.19. The number of aromatic nitrogens is 2. The summed E-state index contributed by atoms with van der Waals surface area (Å²) in [6, 6.07) is 8.14. The van der Waals surface area contributed by atoms with Crippen molar-refractivity contribution in [2.45, 2.75) is 32.9 Å². The van der Waals surface area contributed by atoms with Gasteiger partial charge in [-0.15, -0.1) is 0 Å². The maximum Gasteiger partial charge on any atom is 0.131 e. The van der Waals surface area contributed by atoms with E-state index in [-0.39, 0.29) is 6.04 Å². The largest absolute Gasteiger partial charge is 0.487 e. The molecule has 0 spiro atoms. The first kappa shape index (κ1) is 14.9. The molecule has 0 saturated carbocycles. The highest BCUT2D eigenvalue weighted by atomic mass is 35.5. The minimum absolute atomic E-state index is 0.165. The molecule has 1 atom stereocenters. The Hall–Kier alpha value is -1.52. The maximum atomic E-state index is 6.19. The fourth-order valence-corrected chi connectivity index (χ4v) is 2.30. The summed E-state index contributed by atoms with van der Waals surface area (Å²) in [5.74, 6) is 0.813. The van der Waals surface area contributed by atoms with E-state index in [1.807, 2.05) is 45.2 Å². The van der Waals surface area contributed by atoms with Gasteiger partial charge in [-0.3, -0.25) is 4.68 Å². The maximum absolute atomic E-state index is 6.19. The molecular weight excluding hydrogens is 274 g/mol. The molecule has 0 aliphatic rings. The van der Waals surface area contributed by atoms with Crippen LogP contribution < -0.4 is 10.5 Å². The Morgan fingerprint density at radius 3 is 2.50 bits per heavy atom. The SMILES string of the molecule is Cc1nn(C)c(COc2ccc(CC(C)N)cc2)c1Cl. The third kappa shape index (κ3) is 3.52.